The number of nitrogens with one attached hydrogen (secondary N) is 2. The highest BCUT2D eigenvalue weighted by molar-refractivity contribution is 5.81. The van der Waals surface area contributed by atoms with Crippen LogP contribution in [0.1, 0.15) is 11.4 Å². The van der Waals surface area contributed by atoms with Gasteiger partial charge in [-0.05, 0) is 24.6 Å². The van der Waals surface area contributed by atoms with Crippen molar-refractivity contribution in [1.82, 2.24) is 25.2 Å². The highest BCUT2D eigenvalue weighted by Gasteiger charge is 2.41. The molecule has 2 aliphatic heterocycles. The summed E-state index contributed by atoms with van der Waals surface area (Å²) in [6.45, 7) is 4.96. The van der Waals surface area contributed by atoms with Gasteiger partial charge < -0.3 is 16.4 Å². The molecule has 4 rings (SSSR count). The minimum absolute atomic E-state index is 0.0871. The Kier molecular flexibility index (Phi) is 3.96. The van der Waals surface area contributed by atoms with Crippen LogP contribution in [0.5, 0.6) is 0 Å². The van der Waals surface area contributed by atoms with Crippen LogP contribution in [0.15, 0.2) is 24.3 Å². The van der Waals surface area contributed by atoms with E-state index < -0.39 is 0 Å². The molecule has 25 heavy (non-hydrogen) atoms. The van der Waals surface area contributed by atoms with E-state index in [0.29, 0.717) is 24.2 Å². The van der Waals surface area contributed by atoms with Crippen molar-refractivity contribution in [2.75, 3.05) is 30.7 Å². The Hall–Kier alpha value is -2.74. The van der Waals surface area contributed by atoms with E-state index in [0.717, 1.165) is 30.9 Å². The van der Waals surface area contributed by atoms with Gasteiger partial charge >= 0.3 is 0 Å². The van der Waals surface area contributed by atoms with E-state index in [-0.39, 0.29) is 17.8 Å². The Morgan fingerprint density at radius 3 is 3.00 bits per heavy atom. The van der Waals surface area contributed by atoms with Gasteiger partial charge in [-0.2, -0.15) is 15.0 Å². The molecule has 2 atom stereocenters. The maximum atomic E-state index is 11.8. The molecule has 2 aromatic rings. The molecule has 0 spiro atoms. The molecule has 0 bridgehead atoms. The number of aryl methyl sites for hydroxylation is 1. The van der Waals surface area contributed by atoms with Crippen LogP contribution in [0.25, 0.3) is 0 Å². The zero-order chi connectivity index (χ0) is 17.4. The number of aromatic nitrogens is 3. The standard InChI is InChI=1S/C17H21N7O/c1-10-3-2-4-12(5-10)20-17-22-14(21-16(18)23-17)9-24-7-11-6-19-15(25)13(11)8-24/h2-5,11,13H,6-9H2,1H3,(H,19,25)(H3,18,20,21,22,23)/t11-,13+/m0/s1. The van der Waals surface area contributed by atoms with Crippen molar-refractivity contribution in [3.8, 4) is 0 Å². The maximum Gasteiger partial charge on any atom is 0.232 e. The monoisotopic (exact) mass is 339 g/mol. The summed E-state index contributed by atoms with van der Waals surface area (Å²) in [6, 6.07) is 7.96. The third-order valence-electron chi connectivity index (χ3n) is 4.73. The van der Waals surface area contributed by atoms with Crippen molar-refractivity contribution in [2.45, 2.75) is 13.5 Å². The number of nitrogens with zero attached hydrogens (tertiary/aromatic N) is 4. The van der Waals surface area contributed by atoms with E-state index in [2.05, 4.69) is 30.5 Å². The molecule has 0 unspecified atom stereocenters. The molecule has 2 aliphatic rings. The van der Waals surface area contributed by atoms with Crippen molar-refractivity contribution in [3.63, 3.8) is 0 Å². The number of fused-ring (bicyclic) bond motifs is 1. The van der Waals surface area contributed by atoms with Gasteiger partial charge in [0.2, 0.25) is 17.8 Å². The number of carbonyl (C=O) groups excluding carboxylic acids is 1. The molecule has 2 fully saturated rings. The largest absolute Gasteiger partial charge is 0.368 e. The topological polar surface area (TPSA) is 109 Å². The predicted octanol–water partition coefficient (Wildman–Crippen LogP) is 0.684. The number of anilines is 3. The molecule has 1 amide bonds. The molecule has 0 aliphatic carbocycles. The maximum absolute atomic E-state index is 11.8. The average molecular weight is 339 g/mol. The van der Waals surface area contributed by atoms with Crippen molar-refractivity contribution >= 4 is 23.5 Å². The van der Waals surface area contributed by atoms with Crippen molar-refractivity contribution < 1.29 is 4.79 Å². The lowest BCUT2D eigenvalue weighted by molar-refractivity contribution is -0.122. The van der Waals surface area contributed by atoms with Crippen LogP contribution in [0.2, 0.25) is 0 Å². The SMILES string of the molecule is Cc1cccc(Nc2nc(N)nc(CN3C[C@@H]4CNC(=O)[C@@H]4C3)n2)c1. The van der Waals surface area contributed by atoms with E-state index in [1.165, 1.54) is 0 Å². The second kappa shape index (κ2) is 6.29. The highest BCUT2D eigenvalue weighted by Crippen LogP contribution is 2.28. The van der Waals surface area contributed by atoms with Gasteiger partial charge in [-0.3, -0.25) is 9.69 Å². The first kappa shape index (κ1) is 15.8. The van der Waals surface area contributed by atoms with Crippen molar-refractivity contribution in [2.24, 2.45) is 11.8 Å². The van der Waals surface area contributed by atoms with Gasteiger partial charge in [-0.1, -0.05) is 12.1 Å². The van der Waals surface area contributed by atoms with Gasteiger partial charge in [0.1, 0.15) is 5.82 Å². The molecular weight excluding hydrogens is 318 g/mol. The molecule has 1 aromatic carbocycles. The third kappa shape index (κ3) is 3.39. The van der Waals surface area contributed by atoms with E-state index >= 15 is 0 Å². The normalized spacial score (nSPS) is 22.7. The second-order valence-electron chi connectivity index (χ2n) is 6.73. The number of hydrogen-bond donors (Lipinski definition) is 3. The summed E-state index contributed by atoms with van der Waals surface area (Å²) in [7, 11) is 0. The fraction of sp³-hybridized carbons (Fsp3) is 0.412. The highest BCUT2D eigenvalue weighted by atomic mass is 16.2. The summed E-state index contributed by atoms with van der Waals surface area (Å²) in [4.78, 5) is 26.9. The Bertz CT molecular complexity index is 809. The van der Waals surface area contributed by atoms with Gasteiger partial charge in [0.25, 0.3) is 0 Å². The Morgan fingerprint density at radius 2 is 2.20 bits per heavy atom. The third-order valence-corrected chi connectivity index (χ3v) is 4.73. The molecule has 3 heterocycles. The van der Waals surface area contributed by atoms with Crippen LogP contribution in [0.4, 0.5) is 17.6 Å². The zero-order valence-corrected chi connectivity index (χ0v) is 14.1. The van der Waals surface area contributed by atoms with Crippen LogP contribution in [-0.2, 0) is 11.3 Å². The molecule has 8 nitrogen and oxygen atoms in total. The number of nitrogen functional groups attached to an aromatic ring is 1. The summed E-state index contributed by atoms with van der Waals surface area (Å²) < 4.78 is 0. The van der Waals surface area contributed by atoms with Gasteiger partial charge in [0.05, 0.1) is 12.5 Å². The lowest BCUT2D eigenvalue weighted by Gasteiger charge is -2.16. The summed E-state index contributed by atoms with van der Waals surface area (Å²) >= 11 is 0. The Labute approximate surface area is 145 Å². The minimum Gasteiger partial charge on any atom is -0.368 e. The average Bonchev–Trinajstić information content (AvgIpc) is 3.08. The van der Waals surface area contributed by atoms with Crippen LogP contribution < -0.4 is 16.4 Å². The van der Waals surface area contributed by atoms with Crippen molar-refractivity contribution in [3.05, 3.63) is 35.7 Å². The van der Waals surface area contributed by atoms with E-state index in [1.54, 1.807) is 0 Å². The molecule has 130 valence electrons. The van der Waals surface area contributed by atoms with Crippen molar-refractivity contribution in [1.29, 1.82) is 0 Å². The van der Waals surface area contributed by atoms with Gasteiger partial charge in [0.15, 0.2) is 0 Å². The molecule has 2 saturated heterocycles. The predicted molar refractivity (Wildman–Crippen MR) is 94.0 cm³/mol. The first-order valence-electron chi connectivity index (χ1n) is 8.41. The fourth-order valence-corrected chi connectivity index (χ4v) is 3.57. The molecule has 0 radical (unpaired) electrons. The smallest absolute Gasteiger partial charge is 0.232 e. The van der Waals surface area contributed by atoms with Gasteiger partial charge in [-0.25, -0.2) is 0 Å². The van der Waals surface area contributed by atoms with E-state index in [9.17, 15) is 4.79 Å². The quantitative estimate of drug-likeness (QED) is 0.751. The number of hydrogen-bond acceptors (Lipinski definition) is 7. The summed E-state index contributed by atoms with van der Waals surface area (Å²) in [5, 5.41) is 6.09. The number of benzene rings is 1. The molecule has 4 N–H and O–H groups in total. The first-order valence-corrected chi connectivity index (χ1v) is 8.41. The van der Waals surface area contributed by atoms with Gasteiger partial charge in [-0.15, -0.1) is 0 Å². The Morgan fingerprint density at radius 1 is 1.32 bits per heavy atom. The second-order valence-corrected chi connectivity index (χ2v) is 6.73. The number of rotatable bonds is 4. The molecular formula is C17H21N7O. The molecule has 0 saturated carbocycles. The fourth-order valence-electron chi connectivity index (χ4n) is 3.57. The van der Waals surface area contributed by atoms with Crippen LogP contribution >= 0.6 is 0 Å². The summed E-state index contributed by atoms with van der Waals surface area (Å²) in [5.74, 6) is 1.87. The number of nitrogens with two attached hydrogens (primary N) is 1. The summed E-state index contributed by atoms with van der Waals surface area (Å²) in [6.07, 6.45) is 0. The van der Waals surface area contributed by atoms with Gasteiger partial charge in [0, 0.05) is 31.2 Å². The van der Waals surface area contributed by atoms with E-state index in [4.69, 9.17) is 5.73 Å². The number of amides is 1. The lowest BCUT2D eigenvalue weighted by atomic mass is 10.0. The zero-order valence-electron chi connectivity index (χ0n) is 14.1. The lowest BCUT2D eigenvalue weighted by Crippen LogP contribution is -2.29. The minimum atomic E-state index is 0.0871. The van der Waals surface area contributed by atoms with Crippen LogP contribution in [-0.4, -0.2) is 45.4 Å². The molecule has 8 heteroatoms. The number of likely N-dealkylation sites (tertiary alicyclic amines) is 1. The summed E-state index contributed by atoms with van der Waals surface area (Å²) in [5.41, 5.74) is 7.90. The number of carbonyl (C=O) groups is 1. The van der Waals surface area contributed by atoms with E-state index in [1.807, 2.05) is 31.2 Å². The Balaban J connectivity index is 1.47. The van der Waals surface area contributed by atoms with Crippen LogP contribution in [0.3, 0.4) is 0 Å². The molecule has 1 aromatic heterocycles. The van der Waals surface area contributed by atoms with Crippen LogP contribution in [0, 0.1) is 18.8 Å². The first-order chi connectivity index (χ1) is 12.1.